The Morgan fingerprint density at radius 2 is 2.00 bits per heavy atom. The summed E-state index contributed by atoms with van der Waals surface area (Å²) in [5, 5.41) is 0. The number of allylic oxidation sites excluding steroid dienone is 1. The average molecular weight is 250 g/mol. The van der Waals surface area contributed by atoms with Crippen LogP contribution in [0.5, 0.6) is 0 Å². The first kappa shape index (κ1) is 14.0. The van der Waals surface area contributed by atoms with E-state index in [1.165, 1.54) is 11.0 Å². The molecule has 0 radical (unpaired) electrons. The van der Waals surface area contributed by atoms with Crippen LogP contribution in [0.4, 0.5) is 13.2 Å². The second-order valence-corrected chi connectivity index (χ2v) is 4.61. The number of amides is 1. The molecular weight excluding hydrogens is 233 g/mol. The molecule has 1 fully saturated rings. The number of rotatable bonds is 1. The number of likely N-dealkylation sites (tertiary alicyclic amines) is 1. The lowest BCUT2D eigenvalue weighted by Crippen LogP contribution is -2.54. The summed E-state index contributed by atoms with van der Waals surface area (Å²) in [5.41, 5.74) is 6.31. The topological polar surface area (TPSA) is 46.3 Å². The van der Waals surface area contributed by atoms with E-state index in [0.717, 1.165) is 5.57 Å². The predicted molar refractivity (Wildman–Crippen MR) is 58.1 cm³/mol. The van der Waals surface area contributed by atoms with Crippen LogP contribution in [0.3, 0.4) is 0 Å². The summed E-state index contributed by atoms with van der Waals surface area (Å²) in [6.07, 6.45) is -2.97. The molecule has 0 aromatic rings. The van der Waals surface area contributed by atoms with Crippen LogP contribution in [0.2, 0.25) is 0 Å². The van der Waals surface area contributed by atoms with Gasteiger partial charge in [0.25, 0.3) is 0 Å². The minimum absolute atomic E-state index is 0.0349. The highest BCUT2D eigenvalue weighted by atomic mass is 19.4. The van der Waals surface area contributed by atoms with Gasteiger partial charge in [-0.25, -0.2) is 0 Å². The number of nitrogens with two attached hydrogens (primary N) is 1. The van der Waals surface area contributed by atoms with Gasteiger partial charge in [0, 0.05) is 25.2 Å². The SMILES string of the molecule is CC(C)=CC(=O)N1CCC(C(F)(F)F)C(N)C1. The van der Waals surface area contributed by atoms with Gasteiger partial charge in [-0.3, -0.25) is 4.79 Å². The predicted octanol–water partition coefficient (Wildman–Crippen LogP) is 1.69. The molecule has 6 heteroatoms. The highest BCUT2D eigenvalue weighted by molar-refractivity contribution is 5.88. The second kappa shape index (κ2) is 5.08. The van der Waals surface area contributed by atoms with Crippen molar-refractivity contribution in [1.29, 1.82) is 0 Å². The Balaban J connectivity index is 2.64. The molecule has 2 atom stereocenters. The molecule has 1 rings (SSSR count). The van der Waals surface area contributed by atoms with Crippen molar-refractivity contribution in [3.05, 3.63) is 11.6 Å². The first-order chi connectivity index (χ1) is 7.71. The summed E-state index contributed by atoms with van der Waals surface area (Å²) in [4.78, 5) is 13.0. The molecule has 2 unspecified atom stereocenters. The van der Waals surface area contributed by atoms with Crippen molar-refractivity contribution in [2.24, 2.45) is 11.7 Å². The molecule has 1 aliphatic heterocycles. The molecule has 17 heavy (non-hydrogen) atoms. The smallest absolute Gasteiger partial charge is 0.338 e. The zero-order valence-electron chi connectivity index (χ0n) is 9.92. The third kappa shape index (κ3) is 3.73. The Hall–Kier alpha value is -1.04. The molecule has 1 aliphatic rings. The normalized spacial score (nSPS) is 25.6. The van der Waals surface area contributed by atoms with E-state index < -0.39 is 18.1 Å². The fraction of sp³-hybridized carbons (Fsp3) is 0.727. The minimum atomic E-state index is -4.27. The van der Waals surface area contributed by atoms with Gasteiger partial charge in [-0.05, 0) is 20.3 Å². The summed E-state index contributed by atoms with van der Waals surface area (Å²) in [5.74, 6) is -1.76. The van der Waals surface area contributed by atoms with Crippen LogP contribution in [-0.4, -0.2) is 36.1 Å². The molecule has 0 bridgehead atoms. The summed E-state index contributed by atoms with van der Waals surface area (Å²) in [6, 6.07) is -1.03. The number of piperidine rings is 1. The largest absolute Gasteiger partial charge is 0.393 e. The summed E-state index contributed by atoms with van der Waals surface area (Å²) in [6.45, 7) is 3.61. The number of hydrogen-bond donors (Lipinski definition) is 1. The Morgan fingerprint density at radius 3 is 2.41 bits per heavy atom. The summed E-state index contributed by atoms with van der Waals surface area (Å²) < 4.78 is 37.6. The molecular formula is C11H17F3N2O. The zero-order chi connectivity index (χ0) is 13.2. The van der Waals surface area contributed by atoms with Crippen molar-refractivity contribution in [2.75, 3.05) is 13.1 Å². The van der Waals surface area contributed by atoms with Gasteiger partial charge in [0.15, 0.2) is 0 Å². The van der Waals surface area contributed by atoms with Gasteiger partial charge in [0.05, 0.1) is 5.92 Å². The molecule has 0 spiro atoms. The van der Waals surface area contributed by atoms with Crippen molar-refractivity contribution < 1.29 is 18.0 Å². The first-order valence-electron chi connectivity index (χ1n) is 5.48. The van der Waals surface area contributed by atoms with E-state index in [2.05, 4.69) is 0 Å². The van der Waals surface area contributed by atoms with Crippen LogP contribution in [0.25, 0.3) is 0 Å². The molecule has 3 nitrogen and oxygen atoms in total. The van der Waals surface area contributed by atoms with Crippen LogP contribution in [0, 0.1) is 5.92 Å². The zero-order valence-corrected chi connectivity index (χ0v) is 9.92. The van der Waals surface area contributed by atoms with Crippen LogP contribution in [-0.2, 0) is 4.79 Å². The van der Waals surface area contributed by atoms with E-state index in [0.29, 0.717) is 0 Å². The maximum absolute atomic E-state index is 12.5. The van der Waals surface area contributed by atoms with Gasteiger partial charge in [-0.1, -0.05) is 5.57 Å². The summed E-state index contributed by atoms with van der Waals surface area (Å²) in [7, 11) is 0. The standard InChI is InChI=1S/C11H17F3N2O/c1-7(2)5-10(17)16-4-3-8(9(15)6-16)11(12,13)14/h5,8-9H,3-4,6,15H2,1-2H3. The fourth-order valence-corrected chi connectivity index (χ4v) is 1.93. The maximum Gasteiger partial charge on any atom is 0.393 e. The highest BCUT2D eigenvalue weighted by Crippen LogP contribution is 2.33. The maximum atomic E-state index is 12.5. The van der Waals surface area contributed by atoms with Crippen LogP contribution >= 0.6 is 0 Å². The van der Waals surface area contributed by atoms with Crippen molar-refractivity contribution in [3.8, 4) is 0 Å². The number of hydrogen-bond acceptors (Lipinski definition) is 2. The fourth-order valence-electron chi connectivity index (χ4n) is 1.93. The van der Waals surface area contributed by atoms with Gasteiger partial charge < -0.3 is 10.6 Å². The summed E-state index contributed by atoms with van der Waals surface area (Å²) >= 11 is 0. The lowest BCUT2D eigenvalue weighted by atomic mass is 9.91. The number of nitrogens with zero attached hydrogens (tertiary/aromatic N) is 1. The van der Waals surface area contributed by atoms with E-state index >= 15 is 0 Å². The number of carbonyl (C=O) groups excluding carboxylic acids is 1. The Labute approximate surface area is 98.5 Å². The molecule has 0 aromatic heterocycles. The quantitative estimate of drug-likeness (QED) is 0.720. The van der Waals surface area contributed by atoms with E-state index in [1.807, 2.05) is 0 Å². The van der Waals surface area contributed by atoms with Gasteiger partial charge in [-0.2, -0.15) is 13.2 Å². The monoisotopic (exact) mass is 250 g/mol. The lowest BCUT2D eigenvalue weighted by molar-refractivity contribution is -0.190. The lowest BCUT2D eigenvalue weighted by Gasteiger charge is -2.37. The number of alkyl halides is 3. The van der Waals surface area contributed by atoms with Gasteiger partial charge in [0.2, 0.25) is 5.91 Å². The molecule has 1 heterocycles. The van der Waals surface area contributed by atoms with Crippen LogP contribution in [0.1, 0.15) is 20.3 Å². The van der Waals surface area contributed by atoms with Gasteiger partial charge >= 0.3 is 6.18 Å². The Kier molecular flexibility index (Phi) is 4.19. The minimum Gasteiger partial charge on any atom is -0.338 e. The molecule has 2 N–H and O–H groups in total. The van der Waals surface area contributed by atoms with E-state index in [1.54, 1.807) is 13.8 Å². The van der Waals surface area contributed by atoms with E-state index in [-0.39, 0.29) is 25.4 Å². The third-order valence-corrected chi connectivity index (χ3v) is 2.80. The molecule has 0 saturated carbocycles. The van der Waals surface area contributed by atoms with Gasteiger partial charge in [0.1, 0.15) is 0 Å². The molecule has 0 aliphatic carbocycles. The van der Waals surface area contributed by atoms with Gasteiger partial charge in [-0.15, -0.1) is 0 Å². The molecule has 1 saturated heterocycles. The van der Waals surface area contributed by atoms with Crippen molar-refractivity contribution >= 4 is 5.91 Å². The van der Waals surface area contributed by atoms with Crippen LogP contribution < -0.4 is 5.73 Å². The van der Waals surface area contributed by atoms with E-state index in [9.17, 15) is 18.0 Å². The number of carbonyl (C=O) groups is 1. The molecule has 0 aromatic carbocycles. The van der Waals surface area contributed by atoms with Crippen molar-refractivity contribution in [2.45, 2.75) is 32.5 Å². The molecule has 98 valence electrons. The van der Waals surface area contributed by atoms with Crippen molar-refractivity contribution in [1.82, 2.24) is 4.90 Å². The second-order valence-electron chi connectivity index (χ2n) is 4.61. The van der Waals surface area contributed by atoms with E-state index in [4.69, 9.17) is 5.73 Å². The third-order valence-electron chi connectivity index (χ3n) is 2.80. The Bertz CT molecular complexity index is 321. The Morgan fingerprint density at radius 1 is 1.41 bits per heavy atom. The van der Waals surface area contributed by atoms with Crippen LogP contribution in [0.15, 0.2) is 11.6 Å². The van der Waals surface area contributed by atoms with Crippen molar-refractivity contribution in [3.63, 3.8) is 0 Å². The molecule has 1 amide bonds. The average Bonchev–Trinajstić information content (AvgIpc) is 2.14. The first-order valence-corrected chi connectivity index (χ1v) is 5.48. The highest BCUT2D eigenvalue weighted by Gasteiger charge is 2.46. The number of halogens is 3.